The van der Waals surface area contributed by atoms with Gasteiger partial charge in [0.05, 0.1) is 6.54 Å². The zero-order valence-electron chi connectivity index (χ0n) is 16.1. The highest BCUT2D eigenvalue weighted by Crippen LogP contribution is 2.28. The summed E-state index contributed by atoms with van der Waals surface area (Å²) in [6, 6.07) is 6.71. The lowest BCUT2D eigenvalue weighted by Crippen LogP contribution is -2.49. The second kappa shape index (κ2) is 12.3. The lowest BCUT2D eigenvalue weighted by molar-refractivity contribution is -0.124. The molecule has 2 N–H and O–H groups in total. The van der Waals surface area contributed by atoms with Crippen LogP contribution < -0.4 is 10.6 Å². The van der Waals surface area contributed by atoms with Gasteiger partial charge in [-0.25, -0.2) is 4.98 Å². The molecule has 2 atom stereocenters. The summed E-state index contributed by atoms with van der Waals surface area (Å²) >= 11 is 0. The number of likely N-dealkylation sites (tertiary alicyclic amines) is 1. The Morgan fingerprint density at radius 2 is 1.89 bits per heavy atom. The third-order valence-corrected chi connectivity index (χ3v) is 6.93. The number of carbonyl (C=O) groups is 2. The molecule has 1 aliphatic heterocycles. The van der Waals surface area contributed by atoms with Gasteiger partial charge in [-0.2, -0.15) is 0 Å². The van der Waals surface area contributed by atoms with E-state index in [0.717, 1.165) is 23.6 Å². The van der Waals surface area contributed by atoms with Crippen molar-refractivity contribution in [3.05, 3.63) is 24.4 Å². The Hall–Kier alpha value is -1.25. The maximum Gasteiger partial charge on any atom is 0.234 e. The van der Waals surface area contributed by atoms with Crippen LogP contribution >= 0.6 is 21.6 Å². The minimum Gasteiger partial charge on any atom is -0.355 e. The van der Waals surface area contributed by atoms with Gasteiger partial charge in [0.1, 0.15) is 5.03 Å². The number of nitrogens with one attached hydrogen (secondary N) is 2. The number of piperidine rings is 1. The van der Waals surface area contributed by atoms with Crippen LogP contribution in [0.15, 0.2) is 29.4 Å². The molecule has 0 saturated carbocycles. The lowest BCUT2D eigenvalue weighted by atomic mass is 10.3. The number of aromatic nitrogens is 1. The third-order valence-electron chi connectivity index (χ3n) is 4.67. The Bertz CT molecular complexity index is 578. The Morgan fingerprint density at radius 3 is 2.59 bits per heavy atom. The van der Waals surface area contributed by atoms with Crippen LogP contribution in [0.4, 0.5) is 0 Å². The van der Waals surface area contributed by atoms with E-state index in [9.17, 15) is 9.59 Å². The highest BCUT2D eigenvalue weighted by Gasteiger charge is 2.26. The first-order valence-corrected chi connectivity index (χ1v) is 11.9. The number of pyridine rings is 1. The van der Waals surface area contributed by atoms with E-state index in [4.69, 9.17) is 0 Å². The fraction of sp³-hybridized carbons (Fsp3) is 0.632. The molecule has 150 valence electrons. The van der Waals surface area contributed by atoms with Gasteiger partial charge < -0.3 is 10.6 Å². The third kappa shape index (κ3) is 8.53. The van der Waals surface area contributed by atoms with Crippen molar-refractivity contribution in [2.75, 3.05) is 25.4 Å². The van der Waals surface area contributed by atoms with Crippen LogP contribution in [0.2, 0.25) is 0 Å². The van der Waals surface area contributed by atoms with Crippen molar-refractivity contribution in [3.8, 4) is 0 Å². The van der Waals surface area contributed by atoms with E-state index in [2.05, 4.69) is 34.4 Å². The van der Waals surface area contributed by atoms with Crippen molar-refractivity contribution < 1.29 is 9.59 Å². The van der Waals surface area contributed by atoms with Crippen LogP contribution in [0.1, 0.15) is 39.5 Å². The molecular weight excluding hydrogens is 385 g/mol. The molecule has 1 aromatic rings. The fourth-order valence-corrected chi connectivity index (χ4v) is 4.93. The first-order valence-electron chi connectivity index (χ1n) is 9.56. The van der Waals surface area contributed by atoms with Crippen molar-refractivity contribution in [1.82, 2.24) is 20.5 Å². The molecule has 0 bridgehead atoms. The van der Waals surface area contributed by atoms with Gasteiger partial charge in [-0.05, 0) is 49.6 Å². The van der Waals surface area contributed by atoms with E-state index < -0.39 is 0 Å². The molecule has 27 heavy (non-hydrogen) atoms. The molecule has 8 heteroatoms. The van der Waals surface area contributed by atoms with E-state index in [1.165, 1.54) is 6.42 Å². The highest BCUT2D eigenvalue weighted by atomic mass is 33.1. The summed E-state index contributed by atoms with van der Waals surface area (Å²) in [6.07, 6.45) is 5.62. The topological polar surface area (TPSA) is 74.3 Å². The van der Waals surface area contributed by atoms with Crippen molar-refractivity contribution in [1.29, 1.82) is 0 Å². The van der Waals surface area contributed by atoms with E-state index in [0.29, 0.717) is 38.1 Å². The molecule has 6 nitrogen and oxygen atoms in total. The first-order chi connectivity index (χ1) is 13.1. The van der Waals surface area contributed by atoms with Crippen molar-refractivity contribution >= 4 is 33.4 Å². The summed E-state index contributed by atoms with van der Waals surface area (Å²) < 4.78 is 0. The summed E-state index contributed by atoms with van der Waals surface area (Å²) in [5.74, 6) is 0.786. The highest BCUT2D eigenvalue weighted by molar-refractivity contribution is 8.76. The average Bonchev–Trinajstić information content (AvgIpc) is 2.65. The summed E-state index contributed by atoms with van der Waals surface area (Å²) in [6.45, 7) is 5.78. The van der Waals surface area contributed by atoms with Crippen LogP contribution in [0.3, 0.4) is 0 Å². The molecule has 2 rings (SSSR count). The fourth-order valence-electron chi connectivity index (χ4n) is 3.14. The van der Waals surface area contributed by atoms with E-state index in [1.807, 2.05) is 18.2 Å². The minimum absolute atomic E-state index is 0.00529. The number of amides is 2. The van der Waals surface area contributed by atoms with Gasteiger partial charge in [0, 0.05) is 43.5 Å². The molecule has 1 aliphatic rings. The predicted octanol–water partition coefficient (Wildman–Crippen LogP) is 2.71. The Kier molecular flexibility index (Phi) is 10.0. The smallest absolute Gasteiger partial charge is 0.234 e. The normalized spacial score (nSPS) is 20.2. The minimum atomic E-state index is -0.0292. The largest absolute Gasteiger partial charge is 0.355 e. The quantitative estimate of drug-likeness (QED) is 0.265. The maximum absolute atomic E-state index is 12.1. The molecule has 2 amide bonds. The molecule has 0 unspecified atom stereocenters. The Balaban J connectivity index is 1.50. The van der Waals surface area contributed by atoms with Gasteiger partial charge in [-0.15, -0.1) is 0 Å². The second-order valence-corrected chi connectivity index (χ2v) is 9.26. The van der Waals surface area contributed by atoms with Crippen LogP contribution in [0.5, 0.6) is 0 Å². The molecule has 0 aliphatic carbocycles. The van der Waals surface area contributed by atoms with Gasteiger partial charge >= 0.3 is 0 Å². The van der Waals surface area contributed by atoms with Gasteiger partial charge in [0.25, 0.3) is 0 Å². The molecule has 0 aromatic carbocycles. The van der Waals surface area contributed by atoms with Gasteiger partial charge in [-0.1, -0.05) is 23.3 Å². The zero-order valence-corrected chi connectivity index (χ0v) is 17.8. The van der Waals surface area contributed by atoms with E-state index in [-0.39, 0.29) is 11.8 Å². The number of hydrogen-bond donors (Lipinski definition) is 2. The van der Waals surface area contributed by atoms with E-state index in [1.54, 1.807) is 27.8 Å². The zero-order chi connectivity index (χ0) is 19.5. The molecule has 1 saturated heterocycles. The summed E-state index contributed by atoms with van der Waals surface area (Å²) in [7, 11) is 3.26. The average molecular weight is 416 g/mol. The Labute approximate surface area is 170 Å². The molecule has 1 aromatic heterocycles. The summed E-state index contributed by atoms with van der Waals surface area (Å²) in [5, 5.41) is 6.72. The first kappa shape index (κ1) is 22.0. The maximum atomic E-state index is 12.1. The number of nitrogens with zero attached hydrogens (tertiary/aromatic N) is 2. The van der Waals surface area contributed by atoms with Crippen LogP contribution in [0.25, 0.3) is 0 Å². The van der Waals surface area contributed by atoms with Crippen LogP contribution in [-0.2, 0) is 9.59 Å². The monoisotopic (exact) mass is 415 g/mol. The number of rotatable bonds is 10. The van der Waals surface area contributed by atoms with E-state index >= 15 is 0 Å². The lowest BCUT2D eigenvalue weighted by Gasteiger charge is -2.38. The summed E-state index contributed by atoms with van der Waals surface area (Å²) in [4.78, 5) is 30.5. The molecule has 1 fully saturated rings. The number of carbonyl (C=O) groups excluding carboxylic acids is 2. The molecule has 0 spiro atoms. The second-order valence-electron chi connectivity index (χ2n) is 6.82. The molecular formula is C19H30N4O2S2. The van der Waals surface area contributed by atoms with Gasteiger partial charge in [0.15, 0.2) is 0 Å². The van der Waals surface area contributed by atoms with Crippen molar-refractivity contribution in [2.24, 2.45) is 0 Å². The molecule has 2 heterocycles. The van der Waals surface area contributed by atoms with Crippen molar-refractivity contribution in [2.45, 2.75) is 56.6 Å². The van der Waals surface area contributed by atoms with Crippen LogP contribution in [0, 0.1) is 0 Å². The van der Waals surface area contributed by atoms with Crippen LogP contribution in [-0.4, -0.2) is 59.2 Å². The molecule has 0 radical (unpaired) electrons. The predicted molar refractivity (Wildman–Crippen MR) is 113 cm³/mol. The van der Waals surface area contributed by atoms with Gasteiger partial charge in [-0.3, -0.25) is 14.5 Å². The van der Waals surface area contributed by atoms with Crippen molar-refractivity contribution in [3.63, 3.8) is 0 Å². The van der Waals surface area contributed by atoms with Gasteiger partial charge in [0.2, 0.25) is 11.8 Å². The standard InChI is InChI=1S/C19H30N4O2S2/c1-15-6-5-7-16(2)23(15)14-18(25)20-11-9-17(24)21-12-13-26-27-19-8-3-4-10-22-19/h3-4,8,10,15-16H,5-7,9,11-14H2,1-2H3,(H,20,25)(H,21,24)/t15-,16+/i1+1,2+1,15+1,16+1,20+1. The Morgan fingerprint density at radius 1 is 1.15 bits per heavy atom. The summed E-state index contributed by atoms with van der Waals surface area (Å²) in [5.41, 5.74) is 0. The SMILES string of the molecule is [13CH3][13C@@H]1CCC[13C@H]([13CH3])N1CC(=O)[15NH]CCC(=O)NCCSSc1ccccn1. The number of hydrogen-bond acceptors (Lipinski definition) is 6.